The molecule has 3 aliphatic rings. The lowest BCUT2D eigenvalue weighted by Crippen LogP contribution is -2.57. The first kappa shape index (κ1) is 17.0. The lowest BCUT2D eigenvalue weighted by atomic mass is 9.84. The third kappa shape index (κ3) is 3.65. The molecule has 0 spiro atoms. The van der Waals surface area contributed by atoms with Crippen LogP contribution in [0.2, 0.25) is 5.02 Å². The average molecular weight is 351 g/mol. The van der Waals surface area contributed by atoms with Crippen LogP contribution >= 0.6 is 11.6 Å². The maximum Gasteiger partial charge on any atom is 0.255 e. The summed E-state index contributed by atoms with van der Waals surface area (Å²) in [5, 5.41) is 13.6. The Morgan fingerprint density at radius 3 is 2.71 bits per heavy atom. The second-order valence-corrected chi connectivity index (χ2v) is 7.15. The van der Waals surface area contributed by atoms with Crippen LogP contribution in [0.4, 0.5) is 5.69 Å². The Balaban J connectivity index is 1.74. The van der Waals surface area contributed by atoms with Crippen molar-refractivity contribution in [2.75, 3.05) is 33.7 Å². The van der Waals surface area contributed by atoms with Crippen molar-refractivity contribution in [2.24, 2.45) is 10.9 Å². The minimum absolute atomic E-state index is 0.107. The van der Waals surface area contributed by atoms with E-state index >= 15 is 0 Å². The quantitative estimate of drug-likeness (QED) is 0.644. The number of piperidine rings is 3. The SMILES string of the molecule is CN(C)/C=N/c1cc(O)c(C(=O)NC2CN3CCC2CC3)cc1Cl. The van der Waals surface area contributed by atoms with Crippen LogP contribution in [-0.4, -0.2) is 66.9 Å². The zero-order valence-electron chi connectivity index (χ0n) is 14.0. The van der Waals surface area contributed by atoms with Gasteiger partial charge in [-0.15, -0.1) is 0 Å². The second-order valence-electron chi connectivity index (χ2n) is 6.75. The predicted octanol–water partition coefficient (Wildman–Crippen LogP) is 2.09. The van der Waals surface area contributed by atoms with E-state index < -0.39 is 0 Å². The number of phenols is 1. The van der Waals surface area contributed by atoms with Crippen LogP contribution in [-0.2, 0) is 0 Å². The lowest BCUT2D eigenvalue weighted by molar-refractivity contribution is 0.0619. The number of nitrogens with one attached hydrogen (secondary N) is 1. The molecule has 0 aliphatic carbocycles. The van der Waals surface area contributed by atoms with Gasteiger partial charge in [0.2, 0.25) is 0 Å². The summed E-state index contributed by atoms with van der Waals surface area (Å²) in [5.74, 6) is 0.140. The fourth-order valence-electron chi connectivity index (χ4n) is 3.38. The van der Waals surface area contributed by atoms with Gasteiger partial charge in [0.15, 0.2) is 0 Å². The highest BCUT2D eigenvalue weighted by Crippen LogP contribution is 2.33. The summed E-state index contributed by atoms with van der Waals surface area (Å²) < 4.78 is 0. The molecule has 24 heavy (non-hydrogen) atoms. The average Bonchev–Trinajstić information content (AvgIpc) is 2.56. The van der Waals surface area contributed by atoms with E-state index in [1.165, 1.54) is 12.1 Å². The second kappa shape index (κ2) is 6.99. The molecular formula is C17H23ClN4O2. The molecule has 130 valence electrons. The van der Waals surface area contributed by atoms with Crippen molar-refractivity contribution in [3.8, 4) is 5.75 Å². The summed E-state index contributed by atoms with van der Waals surface area (Å²) >= 11 is 6.20. The minimum atomic E-state index is -0.281. The Morgan fingerprint density at radius 2 is 2.12 bits per heavy atom. The van der Waals surface area contributed by atoms with E-state index in [0.717, 1.165) is 32.5 Å². The number of hydrogen-bond acceptors (Lipinski definition) is 4. The smallest absolute Gasteiger partial charge is 0.255 e. The highest BCUT2D eigenvalue weighted by molar-refractivity contribution is 6.33. The van der Waals surface area contributed by atoms with Gasteiger partial charge in [0, 0.05) is 32.7 Å². The number of carbonyl (C=O) groups is 1. The minimum Gasteiger partial charge on any atom is -0.507 e. The molecule has 7 heteroatoms. The molecule has 3 saturated heterocycles. The van der Waals surface area contributed by atoms with Crippen LogP contribution in [0.3, 0.4) is 0 Å². The van der Waals surface area contributed by atoms with Gasteiger partial charge in [-0.25, -0.2) is 4.99 Å². The number of amides is 1. The molecule has 4 rings (SSSR count). The number of benzene rings is 1. The summed E-state index contributed by atoms with van der Waals surface area (Å²) in [6, 6.07) is 3.05. The van der Waals surface area contributed by atoms with Gasteiger partial charge in [-0.1, -0.05) is 11.6 Å². The molecule has 1 amide bonds. The first-order valence-electron chi connectivity index (χ1n) is 8.20. The Kier molecular flexibility index (Phi) is 4.96. The van der Waals surface area contributed by atoms with Crippen molar-refractivity contribution >= 4 is 29.5 Å². The molecule has 0 aromatic heterocycles. The number of halogens is 1. The first-order chi connectivity index (χ1) is 11.4. The van der Waals surface area contributed by atoms with Crippen molar-refractivity contribution < 1.29 is 9.90 Å². The van der Waals surface area contributed by atoms with Crippen LogP contribution in [0, 0.1) is 5.92 Å². The van der Waals surface area contributed by atoms with E-state index in [1.807, 2.05) is 14.1 Å². The number of nitrogens with zero attached hydrogens (tertiary/aromatic N) is 3. The molecule has 2 N–H and O–H groups in total. The Morgan fingerprint density at radius 1 is 1.42 bits per heavy atom. The summed E-state index contributed by atoms with van der Waals surface area (Å²) in [5.41, 5.74) is 0.627. The van der Waals surface area contributed by atoms with Gasteiger partial charge >= 0.3 is 0 Å². The van der Waals surface area contributed by atoms with Gasteiger partial charge in [-0.3, -0.25) is 4.79 Å². The van der Waals surface area contributed by atoms with Gasteiger partial charge in [-0.2, -0.15) is 0 Å². The summed E-state index contributed by atoms with van der Waals surface area (Å²) in [4.78, 5) is 20.9. The molecule has 3 fully saturated rings. The fourth-order valence-corrected chi connectivity index (χ4v) is 3.60. The number of carbonyl (C=O) groups excluding carboxylic acids is 1. The maximum absolute atomic E-state index is 12.5. The standard InChI is InChI=1S/C17H23ClN4O2/c1-21(2)10-19-14-8-16(23)12(7-13(14)18)17(24)20-15-9-22-5-3-11(15)4-6-22/h7-8,10-11,15,23H,3-6,9H2,1-2H3,(H,20,24)/b19-10+. The van der Waals surface area contributed by atoms with E-state index in [9.17, 15) is 9.90 Å². The molecule has 1 aromatic rings. The van der Waals surface area contributed by atoms with Crippen molar-refractivity contribution in [2.45, 2.75) is 18.9 Å². The van der Waals surface area contributed by atoms with E-state index in [2.05, 4.69) is 15.2 Å². The number of rotatable bonds is 4. The number of aromatic hydroxyl groups is 1. The van der Waals surface area contributed by atoms with E-state index in [4.69, 9.17) is 11.6 Å². The molecular weight excluding hydrogens is 328 g/mol. The van der Waals surface area contributed by atoms with Crippen molar-refractivity contribution in [3.63, 3.8) is 0 Å². The van der Waals surface area contributed by atoms with Crippen LogP contribution in [0.15, 0.2) is 17.1 Å². The van der Waals surface area contributed by atoms with Gasteiger partial charge < -0.3 is 20.2 Å². The van der Waals surface area contributed by atoms with Gasteiger partial charge in [0.25, 0.3) is 5.91 Å². The zero-order chi connectivity index (χ0) is 17.3. The molecule has 0 radical (unpaired) electrons. The molecule has 1 aromatic carbocycles. The molecule has 1 atom stereocenters. The summed E-state index contributed by atoms with van der Waals surface area (Å²) in [6.45, 7) is 3.12. The zero-order valence-corrected chi connectivity index (χ0v) is 14.8. The Hall–Kier alpha value is -1.79. The first-order valence-corrected chi connectivity index (χ1v) is 8.58. The number of hydrogen-bond donors (Lipinski definition) is 2. The third-order valence-corrected chi connectivity index (χ3v) is 5.01. The number of fused-ring (bicyclic) bond motifs is 3. The van der Waals surface area contributed by atoms with Crippen molar-refractivity contribution in [1.82, 2.24) is 15.1 Å². The van der Waals surface area contributed by atoms with Crippen LogP contribution in [0.1, 0.15) is 23.2 Å². The van der Waals surface area contributed by atoms with E-state index in [-0.39, 0.29) is 23.3 Å². The molecule has 3 aliphatic heterocycles. The lowest BCUT2D eigenvalue weighted by Gasteiger charge is -2.44. The highest BCUT2D eigenvalue weighted by atomic mass is 35.5. The molecule has 2 bridgehead atoms. The molecule has 1 unspecified atom stereocenters. The van der Waals surface area contributed by atoms with Gasteiger partial charge in [0.05, 0.1) is 22.6 Å². The van der Waals surface area contributed by atoms with Crippen LogP contribution < -0.4 is 5.32 Å². The van der Waals surface area contributed by atoms with Gasteiger partial charge in [-0.05, 0) is 37.9 Å². The van der Waals surface area contributed by atoms with E-state index in [1.54, 1.807) is 11.2 Å². The summed E-state index contributed by atoms with van der Waals surface area (Å²) in [6.07, 6.45) is 3.83. The van der Waals surface area contributed by atoms with E-state index in [0.29, 0.717) is 16.6 Å². The predicted molar refractivity (Wildman–Crippen MR) is 95.4 cm³/mol. The third-order valence-electron chi connectivity index (χ3n) is 4.71. The van der Waals surface area contributed by atoms with Crippen LogP contribution in [0.25, 0.3) is 0 Å². The van der Waals surface area contributed by atoms with Crippen LogP contribution in [0.5, 0.6) is 5.75 Å². The maximum atomic E-state index is 12.5. The van der Waals surface area contributed by atoms with Gasteiger partial charge in [0.1, 0.15) is 5.75 Å². The number of phenolic OH excluding ortho intramolecular Hbond substituents is 1. The molecule has 3 heterocycles. The molecule has 6 nitrogen and oxygen atoms in total. The largest absolute Gasteiger partial charge is 0.507 e. The normalized spacial score (nSPS) is 25.9. The fraction of sp³-hybridized carbons (Fsp3) is 0.529. The Labute approximate surface area is 147 Å². The Bertz CT molecular complexity index is 654. The number of aliphatic imine (C=N–C) groups is 1. The summed E-state index contributed by atoms with van der Waals surface area (Å²) in [7, 11) is 3.68. The topological polar surface area (TPSA) is 68.2 Å². The monoisotopic (exact) mass is 350 g/mol. The molecule has 0 saturated carbocycles. The van der Waals surface area contributed by atoms with Crippen molar-refractivity contribution in [1.29, 1.82) is 0 Å². The highest BCUT2D eigenvalue weighted by Gasteiger charge is 2.35. The van der Waals surface area contributed by atoms with Crippen molar-refractivity contribution in [3.05, 3.63) is 22.7 Å².